The van der Waals surface area contributed by atoms with Gasteiger partial charge in [0.1, 0.15) is 5.60 Å². The van der Waals surface area contributed by atoms with Crippen LogP contribution >= 0.6 is 0 Å². The first kappa shape index (κ1) is 11.4. The smallest absolute Gasteiger partial charge is 0.248 e. The molecule has 2 heterocycles. The van der Waals surface area contributed by atoms with Crippen molar-refractivity contribution < 1.29 is 9.84 Å². The van der Waals surface area contributed by atoms with Gasteiger partial charge in [-0.15, -0.1) is 0 Å². The van der Waals surface area contributed by atoms with Crippen LogP contribution < -0.4 is 5.56 Å². The fourth-order valence-electron chi connectivity index (χ4n) is 2.11. The molecule has 1 aliphatic rings. The van der Waals surface area contributed by atoms with Crippen molar-refractivity contribution in [3.63, 3.8) is 0 Å². The number of hydrogen-bond acceptors (Lipinski definition) is 3. The minimum atomic E-state index is -0.593. The fourth-order valence-corrected chi connectivity index (χ4v) is 2.11. The van der Waals surface area contributed by atoms with E-state index >= 15 is 0 Å². The van der Waals surface area contributed by atoms with Crippen molar-refractivity contribution in [2.75, 3.05) is 13.2 Å². The lowest BCUT2D eigenvalue weighted by atomic mass is 9.84. The first-order chi connectivity index (χ1) is 7.59. The van der Waals surface area contributed by atoms with E-state index in [0.717, 1.165) is 17.7 Å². The predicted molar refractivity (Wildman–Crippen MR) is 60.5 cm³/mol. The van der Waals surface area contributed by atoms with Gasteiger partial charge in [0, 0.05) is 23.7 Å². The molecular weight excluding hydrogens is 206 g/mol. The molecule has 0 bridgehead atoms. The molecule has 0 spiro atoms. The Kier molecular flexibility index (Phi) is 2.86. The van der Waals surface area contributed by atoms with Crippen LogP contribution in [0.25, 0.3) is 0 Å². The Morgan fingerprint density at radius 3 is 2.69 bits per heavy atom. The van der Waals surface area contributed by atoms with E-state index in [0.29, 0.717) is 6.61 Å². The van der Waals surface area contributed by atoms with Gasteiger partial charge in [0.2, 0.25) is 5.56 Å². The van der Waals surface area contributed by atoms with Crippen LogP contribution in [0.2, 0.25) is 0 Å². The second-order valence-electron chi connectivity index (χ2n) is 4.56. The SMILES string of the molecule is CC(C)c1[nH]c(=O)ccc1C1(CO)CCO1. The Morgan fingerprint density at radius 2 is 2.25 bits per heavy atom. The molecule has 0 saturated carbocycles. The maximum Gasteiger partial charge on any atom is 0.248 e. The van der Waals surface area contributed by atoms with E-state index in [1.807, 2.05) is 13.8 Å². The zero-order chi connectivity index (χ0) is 11.8. The number of aliphatic hydroxyl groups excluding tert-OH is 1. The lowest BCUT2D eigenvalue weighted by molar-refractivity contribution is -0.178. The second kappa shape index (κ2) is 4.03. The van der Waals surface area contributed by atoms with Crippen molar-refractivity contribution in [3.05, 3.63) is 33.7 Å². The van der Waals surface area contributed by atoms with Gasteiger partial charge in [0.05, 0.1) is 13.2 Å². The van der Waals surface area contributed by atoms with E-state index in [1.54, 1.807) is 6.07 Å². The fraction of sp³-hybridized carbons (Fsp3) is 0.583. The van der Waals surface area contributed by atoms with Gasteiger partial charge in [-0.05, 0) is 12.0 Å². The van der Waals surface area contributed by atoms with Crippen molar-refractivity contribution >= 4 is 0 Å². The molecule has 2 rings (SSSR count). The predicted octanol–water partition coefficient (Wildman–Crippen LogP) is 1.11. The van der Waals surface area contributed by atoms with Crippen molar-refractivity contribution in [2.24, 2.45) is 0 Å². The summed E-state index contributed by atoms with van der Waals surface area (Å²) in [5.74, 6) is 0.205. The summed E-state index contributed by atoms with van der Waals surface area (Å²) in [6.07, 6.45) is 0.801. The van der Waals surface area contributed by atoms with E-state index < -0.39 is 5.60 Å². The number of aromatic nitrogens is 1. The van der Waals surface area contributed by atoms with Crippen LogP contribution in [0.3, 0.4) is 0 Å². The molecule has 1 aromatic rings. The van der Waals surface area contributed by atoms with Gasteiger partial charge >= 0.3 is 0 Å². The third-order valence-corrected chi connectivity index (χ3v) is 3.16. The van der Waals surface area contributed by atoms with Gasteiger partial charge in [-0.25, -0.2) is 0 Å². The minimum Gasteiger partial charge on any atom is -0.393 e. The van der Waals surface area contributed by atoms with Gasteiger partial charge in [0.15, 0.2) is 0 Å². The third-order valence-electron chi connectivity index (χ3n) is 3.16. The Morgan fingerprint density at radius 1 is 1.56 bits per heavy atom. The molecule has 0 radical (unpaired) electrons. The summed E-state index contributed by atoms with van der Waals surface area (Å²) >= 11 is 0. The Balaban J connectivity index is 2.51. The number of aliphatic hydroxyl groups is 1. The minimum absolute atomic E-state index is 0.0429. The van der Waals surface area contributed by atoms with Crippen LogP contribution in [-0.2, 0) is 10.3 Å². The number of nitrogens with one attached hydrogen (secondary N) is 1. The third kappa shape index (κ3) is 1.68. The van der Waals surface area contributed by atoms with Crippen LogP contribution in [0.4, 0.5) is 0 Å². The molecule has 1 fully saturated rings. The molecule has 4 heteroatoms. The van der Waals surface area contributed by atoms with Crippen LogP contribution in [0.5, 0.6) is 0 Å². The van der Waals surface area contributed by atoms with Crippen LogP contribution in [-0.4, -0.2) is 23.3 Å². The van der Waals surface area contributed by atoms with Gasteiger partial charge in [-0.1, -0.05) is 13.8 Å². The Labute approximate surface area is 94.3 Å². The molecule has 0 aliphatic carbocycles. The molecule has 1 saturated heterocycles. The number of aromatic amines is 1. The van der Waals surface area contributed by atoms with Crippen LogP contribution in [0, 0.1) is 0 Å². The number of hydrogen-bond donors (Lipinski definition) is 2. The van der Waals surface area contributed by atoms with Crippen LogP contribution in [0.1, 0.15) is 37.4 Å². The molecule has 1 atom stereocenters. The first-order valence-electron chi connectivity index (χ1n) is 5.57. The molecule has 0 amide bonds. The molecule has 1 aromatic heterocycles. The maximum atomic E-state index is 11.3. The van der Waals surface area contributed by atoms with E-state index in [1.165, 1.54) is 6.07 Å². The summed E-state index contributed by atoms with van der Waals surface area (Å²) in [6.45, 7) is 4.65. The largest absolute Gasteiger partial charge is 0.393 e. The molecule has 4 nitrogen and oxygen atoms in total. The highest BCUT2D eigenvalue weighted by Crippen LogP contribution is 2.39. The molecule has 88 valence electrons. The summed E-state index contributed by atoms with van der Waals surface area (Å²) < 4.78 is 5.51. The average molecular weight is 223 g/mol. The summed E-state index contributed by atoms with van der Waals surface area (Å²) in [5, 5.41) is 9.45. The quantitative estimate of drug-likeness (QED) is 0.806. The summed E-state index contributed by atoms with van der Waals surface area (Å²) in [7, 11) is 0. The van der Waals surface area contributed by atoms with Gasteiger partial charge < -0.3 is 14.8 Å². The summed E-state index contributed by atoms with van der Waals surface area (Å²) in [5.41, 5.74) is 1.07. The highest BCUT2D eigenvalue weighted by atomic mass is 16.5. The highest BCUT2D eigenvalue weighted by Gasteiger charge is 2.41. The van der Waals surface area contributed by atoms with E-state index in [4.69, 9.17) is 4.74 Å². The maximum absolute atomic E-state index is 11.3. The molecule has 1 aliphatic heterocycles. The van der Waals surface area contributed by atoms with Crippen molar-refractivity contribution in [1.82, 2.24) is 4.98 Å². The van der Waals surface area contributed by atoms with E-state index in [9.17, 15) is 9.90 Å². The lowest BCUT2D eigenvalue weighted by Crippen LogP contribution is -2.45. The Hall–Kier alpha value is -1.13. The van der Waals surface area contributed by atoms with Gasteiger partial charge in [0.25, 0.3) is 0 Å². The Bertz CT molecular complexity index is 427. The standard InChI is InChI=1S/C12H17NO3/c1-8(2)11-9(3-4-10(15)13-11)12(7-14)5-6-16-12/h3-4,8,14H,5-7H2,1-2H3,(H,13,15). The summed E-state index contributed by atoms with van der Waals surface area (Å²) in [6, 6.07) is 3.25. The highest BCUT2D eigenvalue weighted by molar-refractivity contribution is 5.30. The van der Waals surface area contributed by atoms with Crippen molar-refractivity contribution in [1.29, 1.82) is 0 Å². The normalized spacial score (nSPS) is 24.5. The van der Waals surface area contributed by atoms with Gasteiger partial charge in [-0.3, -0.25) is 4.79 Å². The number of pyridine rings is 1. The van der Waals surface area contributed by atoms with Crippen molar-refractivity contribution in [2.45, 2.75) is 31.8 Å². The monoisotopic (exact) mass is 223 g/mol. The van der Waals surface area contributed by atoms with E-state index in [2.05, 4.69) is 4.98 Å². The first-order valence-corrected chi connectivity index (χ1v) is 5.57. The number of ether oxygens (including phenoxy) is 1. The topological polar surface area (TPSA) is 62.3 Å². The van der Waals surface area contributed by atoms with E-state index in [-0.39, 0.29) is 18.1 Å². The zero-order valence-corrected chi connectivity index (χ0v) is 9.62. The molecule has 0 aromatic carbocycles. The molecule has 2 N–H and O–H groups in total. The molecular formula is C12H17NO3. The average Bonchev–Trinajstić information content (AvgIpc) is 2.19. The van der Waals surface area contributed by atoms with Gasteiger partial charge in [-0.2, -0.15) is 0 Å². The number of H-pyrrole nitrogens is 1. The number of rotatable bonds is 3. The second-order valence-corrected chi connectivity index (χ2v) is 4.56. The summed E-state index contributed by atoms with van der Waals surface area (Å²) in [4.78, 5) is 14.1. The van der Waals surface area contributed by atoms with Crippen molar-refractivity contribution in [3.8, 4) is 0 Å². The lowest BCUT2D eigenvalue weighted by Gasteiger charge is -2.42. The molecule has 16 heavy (non-hydrogen) atoms. The molecule has 1 unspecified atom stereocenters. The van der Waals surface area contributed by atoms with Crippen LogP contribution in [0.15, 0.2) is 16.9 Å². The zero-order valence-electron chi connectivity index (χ0n) is 9.62.